The van der Waals surface area contributed by atoms with Crippen molar-refractivity contribution in [2.24, 2.45) is 0 Å². The summed E-state index contributed by atoms with van der Waals surface area (Å²) in [7, 11) is 1.59. The second-order valence-electron chi connectivity index (χ2n) is 4.16. The van der Waals surface area contributed by atoms with Crippen molar-refractivity contribution in [3.63, 3.8) is 0 Å². The first kappa shape index (κ1) is 14.7. The number of hydrogen-bond donors (Lipinski definition) is 2. The lowest BCUT2D eigenvalue weighted by molar-refractivity contribution is 0.203. The number of ether oxygens (including phenoxy) is 1. The van der Waals surface area contributed by atoms with Crippen LogP contribution < -0.4 is 10.4 Å². The van der Waals surface area contributed by atoms with Gasteiger partial charge in [0.2, 0.25) is 0 Å². The highest BCUT2D eigenvalue weighted by Gasteiger charge is 2.13. The third kappa shape index (κ3) is 3.23. The van der Waals surface area contributed by atoms with E-state index in [1.807, 2.05) is 25.1 Å². The van der Waals surface area contributed by atoms with E-state index in [0.717, 1.165) is 5.56 Å². The fourth-order valence-electron chi connectivity index (χ4n) is 1.79. The zero-order chi connectivity index (χ0) is 14.5. The molecule has 1 aromatic carbocycles. The maximum atomic E-state index is 11.4. The molecule has 2 N–H and O–H groups in total. The number of nitrogens with one attached hydrogen (secondary N) is 1. The van der Waals surface area contributed by atoms with Gasteiger partial charge in [0, 0.05) is 12.3 Å². The molecule has 0 radical (unpaired) electrons. The highest BCUT2D eigenvalue weighted by Crippen LogP contribution is 2.24. The molecule has 1 heterocycles. The Morgan fingerprint density at radius 2 is 2.35 bits per heavy atom. The Kier molecular flexibility index (Phi) is 4.86. The number of benzene rings is 1. The average molecular weight is 295 g/mol. The molecular formula is C13H17N3O3S. The summed E-state index contributed by atoms with van der Waals surface area (Å²) in [5.41, 5.74) is 0.545. The van der Waals surface area contributed by atoms with Crippen molar-refractivity contribution in [2.45, 2.75) is 24.7 Å². The highest BCUT2D eigenvalue weighted by molar-refractivity contribution is 7.99. The summed E-state index contributed by atoms with van der Waals surface area (Å²) in [6.07, 6.45) is -0.646. The largest absolute Gasteiger partial charge is 0.497 e. The summed E-state index contributed by atoms with van der Waals surface area (Å²) in [4.78, 5) is 11.4. The number of aliphatic hydroxyl groups is 1. The molecule has 0 bridgehead atoms. The summed E-state index contributed by atoms with van der Waals surface area (Å²) in [5.74, 6) is 1.12. The first-order chi connectivity index (χ1) is 9.65. The van der Waals surface area contributed by atoms with Crippen LogP contribution in [0.2, 0.25) is 0 Å². The Hall–Kier alpha value is -1.73. The van der Waals surface area contributed by atoms with E-state index in [1.54, 1.807) is 13.2 Å². The fraction of sp³-hybridized carbons (Fsp3) is 0.385. The first-order valence-corrected chi connectivity index (χ1v) is 7.24. The Morgan fingerprint density at radius 3 is 3.05 bits per heavy atom. The predicted octanol–water partition coefficient (Wildman–Crippen LogP) is 1.43. The lowest BCUT2D eigenvalue weighted by Crippen LogP contribution is -2.16. The summed E-state index contributed by atoms with van der Waals surface area (Å²) in [6, 6.07) is 7.29. The van der Waals surface area contributed by atoms with Crippen molar-refractivity contribution >= 4 is 11.8 Å². The Bertz CT molecular complexity index is 623. The smallest absolute Gasteiger partial charge is 0.343 e. The summed E-state index contributed by atoms with van der Waals surface area (Å²) < 4.78 is 6.66. The molecule has 20 heavy (non-hydrogen) atoms. The number of thioether (sulfide) groups is 1. The lowest BCUT2D eigenvalue weighted by Gasteiger charge is -2.11. The van der Waals surface area contributed by atoms with Crippen molar-refractivity contribution in [3.05, 3.63) is 40.3 Å². The number of hydrogen-bond acceptors (Lipinski definition) is 5. The quantitative estimate of drug-likeness (QED) is 0.788. The first-order valence-electron chi connectivity index (χ1n) is 6.25. The summed E-state index contributed by atoms with van der Waals surface area (Å²) in [6.45, 7) is 2.42. The van der Waals surface area contributed by atoms with Crippen molar-refractivity contribution < 1.29 is 9.84 Å². The third-order valence-electron chi connectivity index (χ3n) is 2.89. The van der Waals surface area contributed by atoms with Gasteiger partial charge in [-0.2, -0.15) is 0 Å². The SMILES string of the molecule is CCn1c(SCC(O)c2cccc(OC)c2)n[nH]c1=O. The van der Waals surface area contributed by atoms with E-state index >= 15 is 0 Å². The van der Waals surface area contributed by atoms with Crippen LogP contribution in [0.25, 0.3) is 0 Å². The van der Waals surface area contributed by atoms with Gasteiger partial charge in [-0.25, -0.2) is 9.89 Å². The zero-order valence-corrected chi connectivity index (χ0v) is 12.2. The molecule has 0 saturated heterocycles. The summed E-state index contributed by atoms with van der Waals surface area (Å²) in [5, 5.41) is 17.1. The topological polar surface area (TPSA) is 80.1 Å². The van der Waals surface area contributed by atoms with Gasteiger partial charge in [0.25, 0.3) is 0 Å². The molecule has 2 rings (SSSR count). The molecule has 0 aliphatic rings. The Balaban J connectivity index is 2.04. The van der Waals surface area contributed by atoms with Gasteiger partial charge in [0.1, 0.15) is 5.75 Å². The van der Waals surface area contributed by atoms with Gasteiger partial charge in [-0.05, 0) is 24.6 Å². The monoisotopic (exact) mass is 295 g/mol. The van der Waals surface area contributed by atoms with Crippen LogP contribution in [0.1, 0.15) is 18.6 Å². The molecule has 6 nitrogen and oxygen atoms in total. The fourth-order valence-corrected chi connectivity index (χ4v) is 2.77. The van der Waals surface area contributed by atoms with Crippen LogP contribution in [-0.2, 0) is 6.54 Å². The Morgan fingerprint density at radius 1 is 1.55 bits per heavy atom. The van der Waals surface area contributed by atoms with E-state index in [9.17, 15) is 9.90 Å². The van der Waals surface area contributed by atoms with Gasteiger partial charge in [-0.15, -0.1) is 5.10 Å². The number of aromatic amines is 1. The van der Waals surface area contributed by atoms with Crippen LogP contribution in [-0.4, -0.2) is 32.7 Å². The molecule has 0 fully saturated rings. The van der Waals surface area contributed by atoms with Crippen LogP contribution in [0.4, 0.5) is 0 Å². The van der Waals surface area contributed by atoms with Crippen molar-refractivity contribution in [3.8, 4) is 5.75 Å². The molecule has 1 atom stereocenters. The van der Waals surface area contributed by atoms with Gasteiger partial charge in [0.05, 0.1) is 13.2 Å². The minimum absolute atomic E-state index is 0.231. The van der Waals surface area contributed by atoms with E-state index in [0.29, 0.717) is 23.2 Å². The molecule has 7 heteroatoms. The average Bonchev–Trinajstić information content (AvgIpc) is 2.84. The molecule has 0 aliphatic carbocycles. The maximum Gasteiger partial charge on any atom is 0.343 e. The van der Waals surface area contributed by atoms with E-state index in [1.165, 1.54) is 16.3 Å². The van der Waals surface area contributed by atoms with Gasteiger partial charge >= 0.3 is 5.69 Å². The molecule has 0 spiro atoms. The van der Waals surface area contributed by atoms with Gasteiger partial charge in [0.15, 0.2) is 5.16 Å². The molecule has 1 aromatic heterocycles. The predicted molar refractivity (Wildman–Crippen MR) is 77.2 cm³/mol. The van der Waals surface area contributed by atoms with E-state index in [4.69, 9.17) is 4.74 Å². The minimum Gasteiger partial charge on any atom is -0.497 e. The van der Waals surface area contributed by atoms with E-state index < -0.39 is 6.10 Å². The number of nitrogens with zero attached hydrogens (tertiary/aromatic N) is 2. The number of aromatic nitrogens is 3. The minimum atomic E-state index is -0.646. The summed E-state index contributed by atoms with van der Waals surface area (Å²) >= 11 is 1.34. The second-order valence-corrected chi connectivity index (χ2v) is 5.15. The number of H-pyrrole nitrogens is 1. The number of methoxy groups -OCH3 is 1. The zero-order valence-electron chi connectivity index (χ0n) is 11.4. The molecule has 1 unspecified atom stereocenters. The van der Waals surface area contributed by atoms with Crippen molar-refractivity contribution in [1.29, 1.82) is 0 Å². The number of rotatable bonds is 6. The molecule has 108 valence electrons. The van der Waals surface area contributed by atoms with Gasteiger partial charge < -0.3 is 9.84 Å². The molecule has 0 amide bonds. The van der Waals surface area contributed by atoms with Crippen molar-refractivity contribution in [1.82, 2.24) is 14.8 Å². The van der Waals surface area contributed by atoms with Crippen LogP contribution in [0.15, 0.2) is 34.2 Å². The molecule has 2 aromatic rings. The van der Waals surface area contributed by atoms with Crippen LogP contribution in [0, 0.1) is 0 Å². The highest BCUT2D eigenvalue weighted by atomic mass is 32.2. The maximum absolute atomic E-state index is 11.4. The third-order valence-corrected chi connectivity index (χ3v) is 3.94. The lowest BCUT2D eigenvalue weighted by atomic mass is 10.1. The van der Waals surface area contributed by atoms with Gasteiger partial charge in [-0.1, -0.05) is 23.9 Å². The Labute approximate surface area is 120 Å². The van der Waals surface area contributed by atoms with E-state index in [-0.39, 0.29) is 5.69 Å². The van der Waals surface area contributed by atoms with Crippen LogP contribution in [0.3, 0.4) is 0 Å². The normalized spacial score (nSPS) is 12.3. The van der Waals surface area contributed by atoms with Crippen LogP contribution >= 0.6 is 11.8 Å². The van der Waals surface area contributed by atoms with Gasteiger partial charge in [-0.3, -0.25) is 4.57 Å². The second kappa shape index (κ2) is 6.62. The van der Waals surface area contributed by atoms with E-state index in [2.05, 4.69) is 10.2 Å². The standard InChI is InChI=1S/C13H17N3O3S/c1-3-16-12(18)14-15-13(16)20-8-11(17)9-5-4-6-10(7-9)19-2/h4-7,11,17H,3,8H2,1-2H3,(H,14,18). The molecule has 0 saturated carbocycles. The molecule has 0 aliphatic heterocycles. The molecular weight excluding hydrogens is 278 g/mol. The van der Waals surface area contributed by atoms with Crippen LogP contribution in [0.5, 0.6) is 5.75 Å². The number of aliphatic hydroxyl groups excluding tert-OH is 1. The van der Waals surface area contributed by atoms with Crippen molar-refractivity contribution in [2.75, 3.05) is 12.9 Å².